The van der Waals surface area contributed by atoms with Gasteiger partial charge in [0.2, 0.25) is 5.91 Å². The number of amides is 1. The van der Waals surface area contributed by atoms with E-state index in [0.717, 1.165) is 71.2 Å². The third kappa shape index (κ3) is 8.64. The van der Waals surface area contributed by atoms with E-state index in [9.17, 15) is 4.79 Å². The minimum atomic E-state index is -0.250. The molecule has 1 aromatic carbocycles. The summed E-state index contributed by atoms with van der Waals surface area (Å²) >= 11 is 0. The first-order valence-corrected chi connectivity index (χ1v) is 11.2. The summed E-state index contributed by atoms with van der Waals surface area (Å²) in [7, 11) is 1.93. The van der Waals surface area contributed by atoms with Gasteiger partial charge in [0.15, 0.2) is 0 Å². The molecule has 4 rings (SSSR count). The number of fused-ring (bicyclic) bond motifs is 1. The van der Waals surface area contributed by atoms with Crippen LogP contribution in [-0.2, 0) is 25.7 Å². The highest BCUT2D eigenvalue weighted by molar-refractivity contribution is 5.80. The molecule has 0 saturated carbocycles. The Hall–Kier alpha value is -2.69. The van der Waals surface area contributed by atoms with Gasteiger partial charge < -0.3 is 24.6 Å². The first-order valence-electron chi connectivity index (χ1n) is 11.2. The molecule has 0 radical (unpaired) electrons. The largest absolute Gasteiger partial charge is 0.492 e. The van der Waals surface area contributed by atoms with E-state index in [1.54, 1.807) is 0 Å². The van der Waals surface area contributed by atoms with E-state index in [1.807, 2.05) is 11.9 Å². The zero-order valence-electron chi connectivity index (χ0n) is 19.2. The van der Waals surface area contributed by atoms with Gasteiger partial charge in [0.25, 0.3) is 12.9 Å². The molecule has 0 spiro atoms. The molecule has 3 heterocycles. The molecule has 3 aliphatic rings. The lowest BCUT2D eigenvalue weighted by Gasteiger charge is -2.30. The number of hydrogen-bond acceptors (Lipinski definition) is 7. The van der Waals surface area contributed by atoms with Gasteiger partial charge in [-0.3, -0.25) is 24.2 Å². The molecule has 0 unspecified atom stereocenters. The number of likely N-dealkylation sites (tertiary alicyclic amines) is 2. The number of hydrogen-bond donors (Lipinski definition) is 2. The molecular weight excluding hydrogens is 430 g/mol. The summed E-state index contributed by atoms with van der Waals surface area (Å²) in [6.45, 7) is 8.57. The maximum atomic E-state index is 12.3. The van der Waals surface area contributed by atoms with E-state index in [4.69, 9.17) is 29.3 Å². The molecule has 10 nitrogen and oxygen atoms in total. The minimum absolute atomic E-state index is 0.201. The molecule has 33 heavy (non-hydrogen) atoms. The molecule has 2 N–H and O–H groups in total. The number of rotatable bonds is 6. The number of ether oxygens (including phenoxy) is 2. The Labute approximate surface area is 194 Å². The van der Waals surface area contributed by atoms with Crippen LogP contribution >= 0.6 is 0 Å². The summed E-state index contributed by atoms with van der Waals surface area (Å²) in [5, 5.41) is 13.8. The Morgan fingerprint density at radius 3 is 2.30 bits per heavy atom. The van der Waals surface area contributed by atoms with Crippen molar-refractivity contribution in [1.82, 2.24) is 14.7 Å². The topological polar surface area (TPSA) is 120 Å². The fourth-order valence-corrected chi connectivity index (χ4v) is 4.48. The van der Waals surface area contributed by atoms with Gasteiger partial charge in [-0.15, -0.1) is 0 Å². The van der Waals surface area contributed by atoms with Crippen LogP contribution in [0.3, 0.4) is 0 Å². The summed E-state index contributed by atoms with van der Waals surface area (Å²) in [6, 6.07) is 8.44. The Morgan fingerprint density at radius 2 is 1.67 bits per heavy atom. The lowest BCUT2D eigenvalue weighted by molar-refractivity contribution is -0.138. The number of carbonyl (C=O) groups is 3. The van der Waals surface area contributed by atoms with Crippen molar-refractivity contribution in [2.75, 3.05) is 66.1 Å². The zero-order valence-corrected chi connectivity index (χ0v) is 19.2. The van der Waals surface area contributed by atoms with Crippen molar-refractivity contribution in [2.45, 2.75) is 13.0 Å². The smallest absolute Gasteiger partial charge is 0.290 e. The Kier molecular flexibility index (Phi) is 11.6. The summed E-state index contributed by atoms with van der Waals surface area (Å²) < 4.78 is 11.3. The molecule has 184 valence electrons. The fourth-order valence-electron chi connectivity index (χ4n) is 4.48. The monoisotopic (exact) mass is 465 g/mol. The maximum absolute atomic E-state index is 12.3. The fraction of sp³-hybridized carbons (Fsp3) is 0.609. The van der Waals surface area contributed by atoms with Crippen molar-refractivity contribution in [1.29, 1.82) is 0 Å². The Morgan fingerprint density at radius 1 is 1.03 bits per heavy atom. The van der Waals surface area contributed by atoms with Crippen LogP contribution in [0.15, 0.2) is 24.3 Å². The van der Waals surface area contributed by atoms with Crippen LogP contribution in [0.5, 0.6) is 5.75 Å². The summed E-state index contributed by atoms with van der Waals surface area (Å²) in [5.41, 5.74) is 1.29. The maximum Gasteiger partial charge on any atom is 0.290 e. The third-order valence-electron chi connectivity index (χ3n) is 6.15. The summed E-state index contributed by atoms with van der Waals surface area (Å²) in [4.78, 5) is 35.8. The van der Waals surface area contributed by atoms with Crippen molar-refractivity contribution >= 4 is 18.9 Å². The molecular formula is C23H35N3O7. The van der Waals surface area contributed by atoms with Crippen LogP contribution in [0.1, 0.15) is 12.0 Å². The van der Waals surface area contributed by atoms with E-state index in [-0.39, 0.29) is 18.9 Å². The zero-order chi connectivity index (χ0) is 24.1. The van der Waals surface area contributed by atoms with Crippen molar-refractivity contribution in [3.8, 4) is 5.75 Å². The van der Waals surface area contributed by atoms with Gasteiger partial charge in [0.1, 0.15) is 12.4 Å². The number of piperidine rings is 1. The van der Waals surface area contributed by atoms with Crippen LogP contribution in [0.2, 0.25) is 0 Å². The quantitative estimate of drug-likeness (QED) is 0.585. The van der Waals surface area contributed by atoms with E-state index in [2.05, 4.69) is 34.1 Å². The van der Waals surface area contributed by atoms with Crippen LogP contribution in [0, 0.1) is 11.8 Å². The van der Waals surface area contributed by atoms with Crippen LogP contribution in [-0.4, -0.2) is 110 Å². The van der Waals surface area contributed by atoms with E-state index in [1.165, 1.54) is 5.56 Å². The van der Waals surface area contributed by atoms with Crippen LogP contribution < -0.4 is 4.74 Å². The van der Waals surface area contributed by atoms with Gasteiger partial charge in [-0.1, -0.05) is 12.1 Å². The normalized spacial score (nSPS) is 22.8. The van der Waals surface area contributed by atoms with Crippen LogP contribution in [0.25, 0.3) is 0 Å². The minimum Gasteiger partial charge on any atom is -0.492 e. The molecule has 10 heteroatoms. The average molecular weight is 466 g/mol. The highest BCUT2D eigenvalue weighted by Gasteiger charge is 2.41. The van der Waals surface area contributed by atoms with Crippen molar-refractivity contribution in [3.05, 3.63) is 29.8 Å². The number of benzene rings is 1. The van der Waals surface area contributed by atoms with Crippen molar-refractivity contribution < 1.29 is 34.1 Å². The van der Waals surface area contributed by atoms with Gasteiger partial charge >= 0.3 is 0 Å². The van der Waals surface area contributed by atoms with Gasteiger partial charge in [-0.2, -0.15) is 0 Å². The predicted octanol–water partition coefficient (Wildman–Crippen LogP) is 0.709. The molecule has 3 fully saturated rings. The molecule has 3 saturated heterocycles. The molecule has 0 aliphatic carbocycles. The average Bonchev–Trinajstić information content (AvgIpc) is 3.23. The van der Waals surface area contributed by atoms with Gasteiger partial charge in [0, 0.05) is 52.9 Å². The molecule has 3 aliphatic heterocycles. The summed E-state index contributed by atoms with van der Waals surface area (Å²) in [5.74, 6) is 2.00. The number of carboxylic acid groups (broad SMARTS) is 2. The highest BCUT2D eigenvalue weighted by atomic mass is 16.5. The molecule has 0 aromatic heterocycles. The van der Waals surface area contributed by atoms with Gasteiger partial charge in [-0.05, 0) is 30.0 Å². The third-order valence-corrected chi connectivity index (χ3v) is 6.15. The number of nitrogens with zero attached hydrogens (tertiary/aromatic N) is 3. The lowest BCUT2D eigenvalue weighted by Crippen LogP contribution is -2.42. The standard InChI is InChI=1S/C21H31N3O3.2CH2O2/c1-22-7-6-18-15-24(16-20(18)21(22)25)14-17-2-4-19(5-3-17)27-13-10-23-8-11-26-12-9-23;2*2-1-3/h2-5,18,20H,6-16H2,1H3;2*1H,(H,2,3)/t18-,20+;;/m1../s1. The molecule has 0 bridgehead atoms. The predicted molar refractivity (Wildman–Crippen MR) is 121 cm³/mol. The SMILES string of the molecule is CN1CC[C@@H]2CN(Cc3ccc(OCCN4CCOCC4)cc3)C[C@@H]2C1=O.O=CO.O=CO. The lowest BCUT2D eigenvalue weighted by atomic mass is 9.88. The first kappa shape index (κ1) is 26.6. The van der Waals surface area contributed by atoms with E-state index in [0.29, 0.717) is 18.4 Å². The van der Waals surface area contributed by atoms with Gasteiger partial charge in [0.05, 0.1) is 19.1 Å². The van der Waals surface area contributed by atoms with E-state index < -0.39 is 0 Å². The first-order chi connectivity index (χ1) is 16.0. The number of carbonyl (C=O) groups excluding carboxylic acids is 1. The van der Waals surface area contributed by atoms with Crippen LogP contribution in [0.4, 0.5) is 0 Å². The second kappa shape index (κ2) is 14.5. The molecule has 1 aromatic rings. The molecule has 2 atom stereocenters. The Bertz CT molecular complexity index is 719. The summed E-state index contributed by atoms with van der Waals surface area (Å²) in [6.07, 6.45) is 1.14. The second-order valence-electron chi connectivity index (χ2n) is 8.27. The highest BCUT2D eigenvalue weighted by Crippen LogP contribution is 2.32. The van der Waals surface area contributed by atoms with Crippen molar-refractivity contribution in [2.24, 2.45) is 11.8 Å². The van der Waals surface area contributed by atoms with Gasteiger partial charge in [-0.25, -0.2) is 0 Å². The van der Waals surface area contributed by atoms with Crippen molar-refractivity contribution in [3.63, 3.8) is 0 Å². The second-order valence-corrected chi connectivity index (χ2v) is 8.27. The number of morpholine rings is 1. The van der Waals surface area contributed by atoms with E-state index >= 15 is 0 Å². The molecule has 1 amide bonds. The Balaban J connectivity index is 0.000000582.